The van der Waals surface area contributed by atoms with E-state index in [0.717, 1.165) is 12.1 Å². The van der Waals surface area contributed by atoms with E-state index in [4.69, 9.17) is 4.52 Å². The zero-order valence-electron chi connectivity index (χ0n) is 15.1. The number of hydrogen-bond acceptors (Lipinski definition) is 7. The first-order valence-electron chi connectivity index (χ1n) is 8.66. The van der Waals surface area contributed by atoms with E-state index in [1.165, 1.54) is 12.1 Å². The van der Waals surface area contributed by atoms with Crippen LogP contribution >= 0.6 is 0 Å². The van der Waals surface area contributed by atoms with Crippen molar-refractivity contribution < 1.29 is 27.2 Å². The molecule has 1 saturated heterocycles. The molecule has 1 aliphatic heterocycles. The third kappa shape index (κ3) is 4.20. The van der Waals surface area contributed by atoms with E-state index in [0.29, 0.717) is 31.0 Å². The van der Waals surface area contributed by atoms with Gasteiger partial charge in [0, 0.05) is 18.7 Å². The fraction of sp³-hybridized carbons (Fsp3) is 0.353. The van der Waals surface area contributed by atoms with Gasteiger partial charge in [0.2, 0.25) is 0 Å². The van der Waals surface area contributed by atoms with Crippen LogP contribution in [0.3, 0.4) is 0 Å². The van der Waals surface area contributed by atoms with Gasteiger partial charge in [-0.05, 0) is 37.6 Å². The quantitative estimate of drug-likeness (QED) is 0.654. The maximum Gasteiger partial charge on any atom is 0.573 e. The van der Waals surface area contributed by atoms with Crippen molar-refractivity contribution in [2.24, 2.45) is 0 Å². The van der Waals surface area contributed by atoms with Crippen molar-refractivity contribution in [1.82, 2.24) is 30.0 Å². The van der Waals surface area contributed by atoms with Crippen LogP contribution in [0.5, 0.6) is 5.75 Å². The monoisotopic (exact) mass is 408 g/mol. The molecule has 1 amide bonds. The molecule has 12 heteroatoms. The number of halogens is 3. The van der Waals surface area contributed by atoms with Gasteiger partial charge in [0.15, 0.2) is 11.5 Å². The molecule has 1 atom stereocenters. The molecule has 0 saturated carbocycles. The normalized spacial score (nSPS) is 17.0. The third-order valence-electron chi connectivity index (χ3n) is 4.42. The maximum atomic E-state index is 12.6. The van der Waals surface area contributed by atoms with E-state index in [-0.39, 0.29) is 29.2 Å². The first kappa shape index (κ1) is 18.9. The summed E-state index contributed by atoms with van der Waals surface area (Å²) in [5, 5.41) is 11.8. The summed E-state index contributed by atoms with van der Waals surface area (Å²) in [7, 11) is 0. The number of nitrogens with zero attached hydrogens (tertiary/aromatic N) is 6. The van der Waals surface area contributed by atoms with Crippen molar-refractivity contribution in [2.75, 3.05) is 13.1 Å². The average molecular weight is 408 g/mol. The van der Waals surface area contributed by atoms with E-state index in [1.54, 1.807) is 22.7 Å². The number of ether oxygens (including phenoxy) is 1. The Morgan fingerprint density at radius 2 is 2.03 bits per heavy atom. The zero-order chi connectivity index (χ0) is 20.6. The van der Waals surface area contributed by atoms with Gasteiger partial charge >= 0.3 is 6.36 Å². The van der Waals surface area contributed by atoms with Gasteiger partial charge in [-0.2, -0.15) is 4.98 Å². The molecule has 1 aliphatic rings. The molecule has 2 aromatic heterocycles. The summed E-state index contributed by atoms with van der Waals surface area (Å²) in [6.07, 6.45) is -2.44. The number of amides is 1. The number of hydrogen-bond donors (Lipinski definition) is 0. The van der Waals surface area contributed by atoms with Crippen LogP contribution in [0.2, 0.25) is 0 Å². The van der Waals surface area contributed by atoms with Gasteiger partial charge in [0.1, 0.15) is 5.75 Å². The summed E-state index contributed by atoms with van der Waals surface area (Å²) in [6, 6.07) is 4.76. The summed E-state index contributed by atoms with van der Waals surface area (Å²) in [5.41, 5.74) is 0.719. The SMILES string of the molecule is Cc1noc(-c2cn([C@@H]3CCN(C(=O)c4ccc(OC(F)(F)F)cc4)C3)nn2)n1. The molecule has 0 bridgehead atoms. The van der Waals surface area contributed by atoms with Crippen LogP contribution < -0.4 is 4.74 Å². The predicted octanol–water partition coefficient (Wildman–Crippen LogP) is 2.62. The molecule has 3 aromatic rings. The molecule has 29 heavy (non-hydrogen) atoms. The van der Waals surface area contributed by atoms with Gasteiger partial charge in [0.05, 0.1) is 12.2 Å². The zero-order valence-corrected chi connectivity index (χ0v) is 15.1. The molecule has 0 N–H and O–H groups in total. The van der Waals surface area contributed by atoms with Crippen LogP contribution in [0, 0.1) is 6.92 Å². The van der Waals surface area contributed by atoms with E-state index >= 15 is 0 Å². The van der Waals surface area contributed by atoms with Crippen LogP contribution in [0.15, 0.2) is 35.0 Å². The van der Waals surface area contributed by atoms with Crippen LogP contribution in [0.4, 0.5) is 13.2 Å². The Morgan fingerprint density at radius 3 is 2.69 bits per heavy atom. The van der Waals surface area contributed by atoms with Gasteiger partial charge < -0.3 is 14.2 Å². The highest BCUT2D eigenvalue weighted by molar-refractivity contribution is 5.94. The first-order chi connectivity index (χ1) is 13.8. The predicted molar refractivity (Wildman–Crippen MR) is 90.7 cm³/mol. The number of aromatic nitrogens is 5. The highest BCUT2D eigenvalue weighted by Crippen LogP contribution is 2.26. The molecule has 152 valence electrons. The summed E-state index contributed by atoms with van der Waals surface area (Å²) < 4.78 is 47.2. The highest BCUT2D eigenvalue weighted by Gasteiger charge is 2.32. The number of benzene rings is 1. The Kier molecular flexibility index (Phi) is 4.68. The molecule has 1 aromatic carbocycles. The van der Waals surface area contributed by atoms with Crippen molar-refractivity contribution in [3.05, 3.63) is 41.9 Å². The lowest BCUT2D eigenvalue weighted by atomic mass is 10.2. The molecule has 4 rings (SSSR count). The Morgan fingerprint density at radius 1 is 1.28 bits per heavy atom. The number of aryl methyl sites for hydroxylation is 1. The minimum atomic E-state index is -4.77. The van der Waals surface area contributed by atoms with E-state index in [2.05, 4.69) is 25.2 Å². The number of rotatable bonds is 4. The third-order valence-corrected chi connectivity index (χ3v) is 4.42. The largest absolute Gasteiger partial charge is 0.573 e. The molecule has 0 aliphatic carbocycles. The van der Waals surface area contributed by atoms with Gasteiger partial charge in [-0.15, -0.1) is 18.3 Å². The topological polar surface area (TPSA) is 99.2 Å². The first-order valence-corrected chi connectivity index (χ1v) is 8.66. The molecule has 0 unspecified atom stereocenters. The van der Waals surface area contributed by atoms with Crippen molar-refractivity contribution >= 4 is 5.91 Å². The fourth-order valence-electron chi connectivity index (χ4n) is 3.08. The summed E-state index contributed by atoms with van der Waals surface area (Å²) in [6.45, 7) is 2.57. The second-order valence-corrected chi connectivity index (χ2v) is 6.50. The van der Waals surface area contributed by atoms with Gasteiger partial charge in [-0.3, -0.25) is 4.79 Å². The Hall–Kier alpha value is -3.44. The molecular weight excluding hydrogens is 393 g/mol. The van der Waals surface area contributed by atoms with E-state index < -0.39 is 6.36 Å². The standard InChI is InChI=1S/C17H15F3N6O3/c1-10-21-15(29-23-10)14-9-26(24-22-14)12-6-7-25(8-12)16(27)11-2-4-13(5-3-11)28-17(18,19)20/h2-5,9,12H,6-8H2,1H3/t12-/m1/s1. The maximum absolute atomic E-state index is 12.6. The number of carbonyl (C=O) groups is 1. The Balaban J connectivity index is 1.40. The molecule has 1 fully saturated rings. The average Bonchev–Trinajstić information content (AvgIpc) is 3.40. The summed E-state index contributed by atoms with van der Waals surface area (Å²) >= 11 is 0. The van der Waals surface area contributed by atoms with Crippen molar-refractivity contribution in [1.29, 1.82) is 0 Å². The van der Waals surface area contributed by atoms with E-state index in [9.17, 15) is 18.0 Å². The van der Waals surface area contributed by atoms with E-state index in [1.807, 2.05) is 0 Å². The second-order valence-electron chi connectivity index (χ2n) is 6.50. The van der Waals surface area contributed by atoms with Crippen molar-refractivity contribution in [2.45, 2.75) is 25.7 Å². The molecule has 3 heterocycles. The van der Waals surface area contributed by atoms with Crippen LogP contribution in [0.25, 0.3) is 11.6 Å². The second kappa shape index (κ2) is 7.18. The lowest BCUT2D eigenvalue weighted by Crippen LogP contribution is -2.29. The number of alkyl halides is 3. The lowest BCUT2D eigenvalue weighted by Gasteiger charge is -2.17. The Bertz CT molecular complexity index is 1010. The van der Waals surface area contributed by atoms with Crippen LogP contribution in [-0.2, 0) is 0 Å². The highest BCUT2D eigenvalue weighted by atomic mass is 19.4. The number of carbonyl (C=O) groups excluding carboxylic acids is 1. The van der Waals surface area contributed by atoms with Crippen LogP contribution in [0.1, 0.15) is 28.6 Å². The molecule has 0 radical (unpaired) electrons. The Labute approximate surface area is 162 Å². The van der Waals surface area contributed by atoms with Crippen molar-refractivity contribution in [3.63, 3.8) is 0 Å². The van der Waals surface area contributed by atoms with Crippen LogP contribution in [-0.4, -0.2) is 55.4 Å². The molecule has 0 spiro atoms. The van der Waals surface area contributed by atoms with Gasteiger partial charge in [-0.25, -0.2) is 4.68 Å². The van der Waals surface area contributed by atoms with Gasteiger partial charge in [0.25, 0.3) is 11.8 Å². The summed E-state index contributed by atoms with van der Waals surface area (Å²) in [4.78, 5) is 18.3. The smallest absolute Gasteiger partial charge is 0.406 e. The molecule has 9 nitrogen and oxygen atoms in total. The minimum absolute atomic E-state index is 0.0861. The molecular formula is C17H15F3N6O3. The van der Waals surface area contributed by atoms with Crippen molar-refractivity contribution in [3.8, 4) is 17.3 Å². The summed E-state index contributed by atoms with van der Waals surface area (Å²) in [5.74, 6) is 0.0957. The minimum Gasteiger partial charge on any atom is -0.406 e. The fourth-order valence-corrected chi connectivity index (χ4v) is 3.08. The lowest BCUT2D eigenvalue weighted by molar-refractivity contribution is -0.274. The van der Waals surface area contributed by atoms with Gasteiger partial charge in [-0.1, -0.05) is 10.4 Å². The number of likely N-dealkylation sites (tertiary alicyclic amines) is 1.